The molecule has 4 amide bonds. The summed E-state index contributed by atoms with van der Waals surface area (Å²) in [6.45, 7) is 0. The Balaban J connectivity index is 1.17. The maximum Gasteiger partial charge on any atom is 0.254 e. The molecule has 0 aromatic heterocycles. The third-order valence-corrected chi connectivity index (χ3v) is 12.9. The molecule has 2 aliphatic carbocycles. The highest BCUT2D eigenvalue weighted by Crippen LogP contribution is 2.66. The molecule has 6 unspecified atom stereocenters. The number of phenols is 1. The van der Waals surface area contributed by atoms with Crippen molar-refractivity contribution in [2.45, 2.75) is 28.5 Å². The number of carbonyl (C=O) groups excluding carboxylic acids is 4. The van der Waals surface area contributed by atoms with Crippen molar-refractivity contribution in [3.05, 3.63) is 102 Å². The summed E-state index contributed by atoms with van der Waals surface area (Å²) < 4.78 is 0. The van der Waals surface area contributed by atoms with Crippen LogP contribution in [0.2, 0.25) is 0 Å². The summed E-state index contributed by atoms with van der Waals surface area (Å²) in [6, 6.07) is 24.9. The maximum atomic E-state index is 14.5. The number of alkyl halides is 3. The average Bonchev–Trinajstić information content (AvgIpc) is 3.48. The topological polar surface area (TPSA) is 123 Å². The first-order valence-electron chi connectivity index (χ1n) is 16.8. The van der Waals surface area contributed by atoms with E-state index in [2.05, 4.69) is 26.2 Å². The lowest BCUT2D eigenvalue weighted by molar-refractivity contribution is -0.138. The lowest BCUT2D eigenvalue weighted by atomic mass is 9.56. The summed E-state index contributed by atoms with van der Waals surface area (Å²) in [5.41, 5.74) is 3.44. The summed E-state index contributed by atoms with van der Waals surface area (Å²) in [4.78, 5) is 56.9. The van der Waals surface area contributed by atoms with E-state index in [1.54, 1.807) is 30.3 Å². The van der Waals surface area contributed by atoms with Gasteiger partial charge in [0.05, 0.1) is 34.4 Å². The number of imide groups is 2. The van der Waals surface area contributed by atoms with Crippen LogP contribution in [0.4, 0.5) is 22.7 Å². The number of azo groups is 1. The van der Waals surface area contributed by atoms with Crippen LogP contribution < -0.4 is 9.80 Å². The number of nitrogens with zero attached hydrogens (tertiary/aromatic N) is 5. The predicted molar refractivity (Wildman–Crippen MR) is 203 cm³/mol. The van der Waals surface area contributed by atoms with Crippen molar-refractivity contribution in [1.82, 2.24) is 4.90 Å². The zero-order valence-corrected chi connectivity index (χ0v) is 31.1. The molecule has 4 aliphatic rings. The molecular formula is C39H32BrCl2N5O5. The normalized spacial score (nSPS) is 28.4. The van der Waals surface area contributed by atoms with E-state index in [1.165, 1.54) is 11.0 Å². The summed E-state index contributed by atoms with van der Waals surface area (Å²) in [5.74, 6) is -5.73. The molecule has 3 fully saturated rings. The molecule has 4 aromatic carbocycles. The molecule has 2 aliphatic heterocycles. The number of halogens is 3. The lowest BCUT2D eigenvalue weighted by Gasteiger charge is -2.51. The van der Waals surface area contributed by atoms with Crippen LogP contribution in [0, 0.1) is 17.8 Å². The number of carbonyl (C=O) groups is 4. The van der Waals surface area contributed by atoms with Crippen LogP contribution in [0.1, 0.15) is 24.3 Å². The quantitative estimate of drug-likeness (QED) is 0.0695. The fourth-order valence-electron chi connectivity index (χ4n) is 8.51. The Morgan fingerprint density at radius 2 is 1.50 bits per heavy atom. The number of amides is 4. The Hall–Kier alpha value is -4.58. The van der Waals surface area contributed by atoms with Crippen molar-refractivity contribution in [1.29, 1.82) is 0 Å². The molecule has 8 rings (SSSR count). The van der Waals surface area contributed by atoms with E-state index in [0.717, 1.165) is 16.0 Å². The molecule has 1 saturated carbocycles. The van der Waals surface area contributed by atoms with Crippen molar-refractivity contribution in [2.75, 3.05) is 29.3 Å². The van der Waals surface area contributed by atoms with Gasteiger partial charge in [-0.3, -0.25) is 29.0 Å². The zero-order chi connectivity index (χ0) is 36.7. The van der Waals surface area contributed by atoms with Gasteiger partial charge in [-0.15, -0.1) is 23.2 Å². The number of hydrogen-bond acceptors (Lipinski definition) is 8. The van der Waals surface area contributed by atoms with Gasteiger partial charge < -0.3 is 10.0 Å². The third kappa shape index (κ3) is 4.89. The third-order valence-electron chi connectivity index (χ3n) is 11.0. The molecule has 1 N–H and O–H groups in total. The Kier molecular flexibility index (Phi) is 8.31. The number of hydrogen-bond donors (Lipinski definition) is 1. The Morgan fingerprint density at radius 1 is 0.846 bits per heavy atom. The van der Waals surface area contributed by atoms with Crippen LogP contribution in [-0.2, 0) is 19.2 Å². The summed E-state index contributed by atoms with van der Waals surface area (Å²) in [5, 5.41) is 21.5. The van der Waals surface area contributed by atoms with E-state index in [0.29, 0.717) is 33.6 Å². The molecule has 52 heavy (non-hydrogen) atoms. The standard InChI is InChI=1S/C39H32BrCl2N5O5/c1-45(2)24-12-8-22(9-13-24)43-44-23-10-14-25(15-11-23)47-34(49)28-17-16-27-29(31(28)35(47)50)19-38(41)36(51)46(20-40)37(52)39(38,42)33(27)32-26-6-4-3-5-21(26)7-18-30(32)48/h3-16,18,28-29,31,33,48H,17,19-20H2,1-2H3. The number of likely N-dealkylation sites (tertiary alicyclic amines) is 1. The number of fused-ring (bicyclic) bond motifs is 5. The lowest BCUT2D eigenvalue weighted by Crippen LogP contribution is -2.60. The summed E-state index contributed by atoms with van der Waals surface area (Å²) >= 11 is 18.1. The van der Waals surface area contributed by atoms with Crippen molar-refractivity contribution >= 4 is 96.3 Å². The molecular weight excluding hydrogens is 769 g/mol. The van der Waals surface area contributed by atoms with Crippen molar-refractivity contribution in [3.8, 4) is 5.75 Å². The predicted octanol–water partition coefficient (Wildman–Crippen LogP) is 7.94. The molecule has 6 atom stereocenters. The molecule has 0 bridgehead atoms. The highest BCUT2D eigenvalue weighted by atomic mass is 79.9. The second-order valence-corrected chi connectivity index (χ2v) is 15.6. The van der Waals surface area contributed by atoms with Crippen molar-refractivity contribution in [3.63, 3.8) is 0 Å². The number of benzene rings is 4. The first kappa shape index (κ1) is 34.5. The van der Waals surface area contributed by atoms with E-state index in [9.17, 15) is 24.3 Å². The van der Waals surface area contributed by atoms with Gasteiger partial charge in [0.15, 0.2) is 9.75 Å². The number of anilines is 2. The molecule has 264 valence electrons. The summed E-state index contributed by atoms with van der Waals surface area (Å²) in [7, 11) is 3.91. The molecule has 4 aromatic rings. The fraction of sp³-hybridized carbons (Fsp3) is 0.282. The van der Waals surface area contributed by atoms with Crippen molar-refractivity contribution < 1.29 is 24.3 Å². The van der Waals surface area contributed by atoms with Crippen LogP contribution in [0.3, 0.4) is 0 Å². The van der Waals surface area contributed by atoms with E-state index in [1.807, 2.05) is 73.6 Å². The first-order valence-corrected chi connectivity index (χ1v) is 18.7. The van der Waals surface area contributed by atoms with Crippen molar-refractivity contribution in [2.24, 2.45) is 28.0 Å². The minimum absolute atomic E-state index is 0.123. The van der Waals surface area contributed by atoms with Crippen LogP contribution in [0.15, 0.2) is 107 Å². The Morgan fingerprint density at radius 3 is 2.15 bits per heavy atom. The van der Waals surface area contributed by atoms with E-state index in [4.69, 9.17) is 23.2 Å². The molecule has 10 nitrogen and oxygen atoms in total. The van der Waals surface area contributed by atoms with Crippen LogP contribution >= 0.6 is 39.1 Å². The maximum absolute atomic E-state index is 14.5. The number of phenolic OH excluding ortho intramolecular Hbond substituents is 1. The van der Waals surface area contributed by atoms with Gasteiger partial charge in [-0.1, -0.05) is 57.9 Å². The van der Waals surface area contributed by atoms with Gasteiger partial charge in [-0.25, -0.2) is 0 Å². The fourth-order valence-corrected chi connectivity index (χ4v) is 9.92. The summed E-state index contributed by atoms with van der Waals surface area (Å²) in [6.07, 6.45) is 1.91. The minimum atomic E-state index is -2.03. The molecule has 2 saturated heterocycles. The van der Waals surface area contributed by atoms with Gasteiger partial charge in [0.25, 0.3) is 11.8 Å². The number of aromatic hydroxyl groups is 1. The first-order chi connectivity index (χ1) is 24.9. The number of allylic oxidation sites excluding steroid dienone is 2. The van der Waals surface area contributed by atoms with Crippen LogP contribution in [0.25, 0.3) is 10.8 Å². The Labute approximate surface area is 317 Å². The molecule has 0 radical (unpaired) electrons. The smallest absolute Gasteiger partial charge is 0.254 e. The highest BCUT2D eigenvalue weighted by molar-refractivity contribution is 9.09. The number of rotatable bonds is 6. The largest absolute Gasteiger partial charge is 0.508 e. The molecule has 2 heterocycles. The SMILES string of the molecule is CN(C)c1ccc(N=Nc2ccc(N3C(=O)C4CC=C5C(CC6(Cl)C(=O)N(CBr)C(=O)C6(Cl)C5c5c(O)ccc6ccccc56)C4C3=O)cc2)cc1. The zero-order valence-electron chi connectivity index (χ0n) is 28.0. The van der Waals surface area contributed by atoms with Gasteiger partial charge in [-0.2, -0.15) is 10.2 Å². The van der Waals surface area contributed by atoms with Crippen LogP contribution in [0.5, 0.6) is 5.75 Å². The van der Waals surface area contributed by atoms with Gasteiger partial charge in [0.1, 0.15) is 5.75 Å². The molecule has 13 heteroatoms. The van der Waals surface area contributed by atoms with Gasteiger partial charge in [0, 0.05) is 31.3 Å². The Bertz CT molecular complexity index is 2250. The highest BCUT2D eigenvalue weighted by Gasteiger charge is 2.76. The second-order valence-electron chi connectivity index (χ2n) is 13.8. The van der Waals surface area contributed by atoms with E-state index >= 15 is 0 Å². The van der Waals surface area contributed by atoms with Gasteiger partial charge in [-0.05, 0) is 84.1 Å². The molecule has 0 spiro atoms. The van der Waals surface area contributed by atoms with Gasteiger partial charge in [0.2, 0.25) is 11.8 Å². The average molecular weight is 802 g/mol. The van der Waals surface area contributed by atoms with Gasteiger partial charge >= 0.3 is 0 Å². The second kappa shape index (κ2) is 12.5. The van der Waals surface area contributed by atoms with E-state index < -0.39 is 51.1 Å². The minimum Gasteiger partial charge on any atom is -0.508 e. The van der Waals surface area contributed by atoms with E-state index in [-0.39, 0.29) is 30.0 Å². The van der Waals surface area contributed by atoms with Crippen LogP contribution in [-0.4, -0.2) is 62.9 Å². The monoisotopic (exact) mass is 799 g/mol.